The summed E-state index contributed by atoms with van der Waals surface area (Å²) < 4.78 is 5.23. The molecule has 136 valence electrons. The van der Waals surface area contributed by atoms with Crippen molar-refractivity contribution in [3.63, 3.8) is 0 Å². The van der Waals surface area contributed by atoms with Crippen molar-refractivity contribution in [1.82, 2.24) is 9.88 Å². The standard InChI is InChI=1S/C19H21N3O4/c1-13-18(23)22(14-5-3-6-15(11-14)26-2)10-9-21(13)12-17-16(19(24)25)7-4-8-20-17/h3-8,11,13H,9-10,12H2,1-2H3,(H,24,25)/t13-/m0/s1. The first kappa shape index (κ1) is 17.9. The van der Waals surface area contributed by atoms with E-state index in [9.17, 15) is 14.7 Å². The quantitative estimate of drug-likeness (QED) is 0.884. The third kappa shape index (κ3) is 3.52. The first-order valence-electron chi connectivity index (χ1n) is 8.38. The van der Waals surface area contributed by atoms with Crippen LogP contribution in [0, 0.1) is 0 Å². The number of carboxylic acid groups (broad SMARTS) is 1. The minimum absolute atomic E-state index is 0.0303. The highest BCUT2D eigenvalue weighted by Crippen LogP contribution is 2.25. The number of amides is 1. The summed E-state index contributed by atoms with van der Waals surface area (Å²) in [5.41, 5.74) is 1.43. The van der Waals surface area contributed by atoms with Gasteiger partial charge in [-0.1, -0.05) is 6.07 Å². The second-order valence-corrected chi connectivity index (χ2v) is 6.14. The Labute approximate surface area is 151 Å². The van der Waals surface area contributed by atoms with E-state index in [1.54, 1.807) is 24.3 Å². The number of methoxy groups -OCH3 is 1. The molecule has 0 unspecified atom stereocenters. The highest BCUT2D eigenvalue weighted by atomic mass is 16.5. The number of carbonyl (C=O) groups is 2. The van der Waals surface area contributed by atoms with Gasteiger partial charge in [0.15, 0.2) is 0 Å². The molecule has 0 bridgehead atoms. The van der Waals surface area contributed by atoms with Crippen LogP contribution < -0.4 is 9.64 Å². The Kier molecular flexibility index (Phi) is 5.18. The fourth-order valence-electron chi connectivity index (χ4n) is 3.12. The molecular weight excluding hydrogens is 334 g/mol. The number of carbonyl (C=O) groups excluding carboxylic acids is 1. The van der Waals surface area contributed by atoms with Gasteiger partial charge in [-0.15, -0.1) is 0 Å². The van der Waals surface area contributed by atoms with Gasteiger partial charge in [0.25, 0.3) is 0 Å². The summed E-state index contributed by atoms with van der Waals surface area (Å²) in [5, 5.41) is 9.31. The Hall–Kier alpha value is -2.93. The molecule has 2 heterocycles. The third-order valence-corrected chi connectivity index (χ3v) is 4.62. The molecule has 1 saturated heterocycles. The zero-order chi connectivity index (χ0) is 18.7. The van der Waals surface area contributed by atoms with Crippen LogP contribution in [0.15, 0.2) is 42.6 Å². The second kappa shape index (κ2) is 7.53. The van der Waals surface area contributed by atoms with E-state index < -0.39 is 5.97 Å². The zero-order valence-electron chi connectivity index (χ0n) is 14.8. The monoisotopic (exact) mass is 355 g/mol. The average Bonchev–Trinajstić information content (AvgIpc) is 2.66. The molecule has 0 spiro atoms. The maximum Gasteiger partial charge on any atom is 0.337 e. The molecule has 7 nitrogen and oxygen atoms in total. The van der Waals surface area contributed by atoms with Crippen LogP contribution in [-0.4, -0.2) is 53.1 Å². The normalized spacial score (nSPS) is 18.0. The van der Waals surface area contributed by atoms with Gasteiger partial charge in [0.05, 0.1) is 24.4 Å². The van der Waals surface area contributed by atoms with Crippen molar-refractivity contribution >= 4 is 17.6 Å². The smallest absolute Gasteiger partial charge is 0.337 e. The van der Waals surface area contributed by atoms with Crippen LogP contribution in [0.2, 0.25) is 0 Å². The van der Waals surface area contributed by atoms with Crippen molar-refractivity contribution in [2.24, 2.45) is 0 Å². The van der Waals surface area contributed by atoms with Crippen LogP contribution in [0.1, 0.15) is 23.0 Å². The number of piperazine rings is 1. The van der Waals surface area contributed by atoms with E-state index in [-0.39, 0.29) is 17.5 Å². The minimum Gasteiger partial charge on any atom is -0.497 e. The Morgan fingerprint density at radius 3 is 2.85 bits per heavy atom. The average molecular weight is 355 g/mol. The molecule has 1 aromatic heterocycles. The van der Waals surface area contributed by atoms with Gasteiger partial charge < -0.3 is 14.7 Å². The number of anilines is 1. The summed E-state index contributed by atoms with van der Waals surface area (Å²) in [4.78, 5) is 32.1. The molecule has 3 rings (SSSR count). The summed E-state index contributed by atoms with van der Waals surface area (Å²) in [6, 6.07) is 10.2. The van der Waals surface area contributed by atoms with Gasteiger partial charge in [0.1, 0.15) is 5.75 Å². The van der Waals surface area contributed by atoms with Crippen LogP contribution in [0.3, 0.4) is 0 Å². The maximum atomic E-state index is 12.9. The van der Waals surface area contributed by atoms with Crippen LogP contribution in [0.5, 0.6) is 5.75 Å². The molecule has 1 fully saturated rings. The number of benzene rings is 1. The molecule has 1 aromatic carbocycles. The molecule has 0 saturated carbocycles. The van der Waals surface area contributed by atoms with Gasteiger partial charge >= 0.3 is 5.97 Å². The third-order valence-electron chi connectivity index (χ3n) is 4.62. The predicted octanol–water partition coefficient (Wildman–Crippen LogP) is 2.03. The molecule has 0 aliphatic carbocycles. The highest BCUT2D eigenvalue weighted by Gasteiger charge is 2.33. The van der Waals surface area contributed by atoms with Crippen LogP contribution in [-0.2, 0) is 11.3 Å². The highest BCUT2D eigenvalue weighted by molar-refractivity contribution is 5.98. The zero-order valence-corrected chi connectivity index (χ0v) is 14.8. The molecule has 1 aliphatic rings. The van der Waals surface area contributed by atoms with Gasteiger partial charge in [-0.3, -0.25) is 14.7 Å². The Bertz CT molecular complexity index is 824. The molecule has 2 aromatic rings. The lowest BCUT2D eigenvalue weighted by Crippen LogP contribution is -2.55. The van der Waals surface area contributed by atoms with Gasteiger partial charge in [-0.05, 0) is 31.2 Å². The van der Waals surface area contributed by atoms with Crippen molar-refractivity contribution in [2.75, 3.05) is 25.1 Å². The number of carboxylic acids is 1. The summed E-state index contributed by atoms with van der Waals surface area (Å²) in [6.45, 7) is 3.30. The fourth-order valence-corrected chi connectivity index (χ4v) is 3.12. The molecule has 1 atom stereocenters. The number of aromatic carboxylic acids is 1. The number of aromatic nitrogens is 1. The van der Waals surface area contributed by atoms with E-state index in [2.05, 4.69) is 4.98 Å². The SMILES string of the molecule is COc1cccc(N2CCN(Cc3ncccc3C(=O)O)[C@@H](C)C2=O)c1. The largest absolute Gasteiger partial charge is 0.497 e. The second-order valence-electron chi connectivity index (χ2n) is 6.14. The predicted molar refractivity (Wildman–Crippen MR) is 96.4 cm³/mol. The Balaban J connectivity index is 1.77. The van der Waals surface area contributed by atoms with Gasteiger partial charge in [0, 0.05) is 37.6 Å². The summed E-state index contributed by atoms with van der Waals surface area (Å²) in [5.74, 6) is -0.343. The first-order chi connectivity index (χ1) is 12.5. The van der Waals surface area contributed by atoms with E-state index in [0.29, 0.717) is 31.1 Å². The summed E-state index contributed by atoms with van der Waals surface area (Å²) in [6.07, 6.45) is 1.57. The number of hydrogen-bond donors (Lipinski definition) is 1. The topological polar surface area (TPSA) is 83.0 Å². The molecule has 1 N–H and O–H groups in total. The van der Waals surface area contributed by atoms with Crippen molar-refractivity contribution in [1.29, 1.82) is 0 Å². The van der Waals surface area contributed by atoms with Crippen molar-refractivity contribution in [2.45, 2.75) is 19.5 Å². The van der Waals surface area contributed by atoms with Crippen LogP contribution in [0.4, 0.5) is 5.69 Å². The van der Waals surface area contributed by atoms with E-state index >= 15 is 0 Å². The van der Waals surface area contributed by atoms with E-state index in [4.69, 9.17) is 4.74 Å². The molecule has 7 heteroatoms. The van der Waals surface area contributed by atoms with E-state index in [1.165, 1.54) is 6.07 Å². The maximum absolute atomic E-state index is 12.9. The minimum atomic E-state index is -1.01. The molecule has 0 radical (unpaired) electrons. The van der Waals surface area contributed by atoms with Crippen LogP contribution in [0.25, 0.3) is 0 Å². The number of ether oxygens (including phenoxy) is 1. The van der Waals surface area contributed by atoms with E-state index in [1.807, 2.05) is 36.1 Å². The van der Waals surface area contributed by atoms with Gasteiger partial charge in [-0.25, -0.2) is 4.79 Å². The lowest BCUT2D eigenvalue weighted by Gasteiger charge is -2.39. The van der Waals surface area contributed by atoms with Gasteiger partial charge in [0.2, 0.25) is 5.91 Å². The lowest BCUT2D eigenvalue weighted by molar-refractivity contribution is -0.125. The Morgan fingerprint density at radius 2 is 2.12 bits per heavy atom. The number of nitrogens with zero attached hydrogens (tertiary/aromatic N) is 3. The van der Waals surface area contributed by atoms with Crippen molar-refractivity contribution < 1.29 is 19.4 Å². The summed E-state index contributed by atoms with van der Waals surface area (Å²) in [7, 11) is 1.59. The fraction of sp³-hybridized carbons (Fsp3) is 0.316. The van der Waals surface area contributed by atoms with Crippen molar-refractivity contribution in [3.8, 4) is 5.75 Å². The first-order valence-corrected chi connectivity index (χ1v) is 8.38. The number of pyridine rings is 1. The number of rotatable bonds is 5. The van der Waals surface area contributed by atoms with Gasteiger partial charge in [-0.2, -0.15) is 0 Å². The van der Waals surface area contributed by atoms with E-state index in [0.717, 1.165) is 5.69 Å². The molecular formula is C19H21N3O4. The number of hydrogen-bond acceptors (Lipinski definition) is 5. The Morgan fingerprint density at radius 1 is 1.31 bits per heavy atom. The molecule has 1 aliphatic heterocycles. The summed E-state index contributed by atoms with van der Waals surface area (Å²) >= 11 is 0. The molecule has 1 amide bonds. The van der Waals surface area contributed by atoms with Crippen LogP contribution >= 0.6 is 0 Å². The molecule has 26 heavy (non-hydrogen) atoms. The lowest BCUT2D eigenvalue weighted by atomic mass is 10.1. The van der Waals surface area contributed by atoms with Crippen molar-refractivity contribution in [3.05, 3.63) is 53.9 Å².